The Morgan fingerprint density at radius 3 is 2.59 bits per heavy atom. The van der Waals surface area contributed by atoms with Crippen LogP contribution in [-0.2, 0) is 22.4 Å². The lowest BCUT2D eigenvalue weighted by Gasteiger charge is -2.30. The van der Waals surface area contributed by atoms with Crippen LogP contribution in [0.1, 0.15) is 32.8 Å². The summed E-state index contributed by atoms with van der Waals surface area (Å²) in [4.78, 5) is 41.7. The molecule has 1 aliphatic rings. The molecule has 206 valence electrons. The molecule has 0 bridgehead atoms. The Kier molecular flexibility index (Phi) is 9.32. The van der Waals surface area contributed by atoms with E-state index >= 15 is 0 Å². The molecule has 1 aliphatic heterocycles. The molecule has 3 amide bonds. The number of amides is 3. The van der Waals surface area contributed by atoms with Gasteiger partial charge in [-0.15, -0.1) is 11.3 Å². The first-order valence-electron chi connectivity index (χ1n) is 12.8. The molecule has 0 saturated carbocycles. The number of carbonyl (C=O) groups is 3. The zero-order valence-electron chi connectivity index (χ0n) is 21.5. The number of hydrogen-bond donors (Lipinski definition) is 4. The van der Waals surface area contributed by atoms with Crippen LogP contribution in [0.2, 0.25) is 0 Å². The van der Waals surface area contributed by atoms with Gasteiger partial charge < -0.3 is 25.7 Å². The molecule has 2 heterocycles. The molecule has 0 spiro atoms. The number of nitrogens with one attached hydrogen (secondary N) is 2. The highest BCUT2D eigenvalue weighted by Crippen LogP contribution is 2.24. The van der Waals surface area contributed by atoms with Gasteiger partial charge >= 0.3 is 0 Å². The van der Waals surface area contributed by atoms with Crippen molar-refractivity contribution in [3.8, 4) is 5.75 Å². The Hall–Kier alpha value is -3.76. The molecular formula is C29H32FN3O5S. The molecule has 3 aromatic rings. The van der Waals surface area contributed by atoms with Crippen LogP contribution in [0.5, 0.6) is 5.75 Å². The van der Waals surface area contributed by atoms with E-state index in [1.54, 1.807) is 42.5 Å². The van der Waals surface area contributed by atoms with Gasteiger partial charge in [-0.3, -0.25) is 14.4 Å². The molecule has 1 fully saturated rings. The number of hydrogen-bond acceptors (Lipinski definition) is 6. The van der Waals surface area contributed by atoms with Gasteiger partial charge in [-0.2, -0.15) is 0 Å². The Balaban J connectivity index is 1.49. The number of aromatic hydroxyl groups is 1. The molecule has 10 heteroatoms. The van der Waals surface area contributed by atoms with Crippen LogP contribution in [0.3, 0.4) is 0 Å². The van der Waals surface area contributed by atoms with Crippen molar-refractivity contribution in [1.82, 2.24) is 15.5 Å². The van der Waals surface area contributed by atoms with Gasteiger partial charge in [-0.25, -0.2) is 4.39 Å². The SMILES string of the molecule is Cc1c(O)cccc1C(=O)N[C@@H](Cc1ccccc1)[C@H](O)C(=O)N1C[C@@H](F)C[C@H]1C(=O)NCCc1cccs1. The maximum atomic E-state index is 14.5. The number of nitrogens with zero attached hydrogens (tertiary/aromatic N) is 1. The number of carbonyl (C=O) groups excluding carboxylic acids is 3. The molecule has 8 nitrogen and oxygen atoms in total. The van der Waals surface area contributed by atoms with Gasteiger partial charge in [0.2, 0.25) is 5.91 Å². The van der Waals surface area contributed by atoms with Gasteiger partial charge in [0.05, 0.1) is 12.6 Å². The molecule has 0 aliphatic carbocycles. The van der Waals surface area contributed by atoms with Gasteiger partial charge in [0, 0.05) is 29.0 Å². The number of likely N-dealkylation sites (tertiary alicyclic amines) is 1. The maximum Gasteiger partial charge on any atom is 0.254 e. The highest BCUT2D eigenvalue weighted by molar-refractivity contribution is 7.09. The fourth-order valence-electron chi connectivity index (χ4n) is 4.73. The molecule has 4 rings (SSSR count). The molecule has 1 aromatic heterocycles. The number of phenols is 1. The van der Waals surface area contributed by atoms with Crippen molar-refractivity contribution in [2.45, 2.75) is 50.5 Å². The van der Waals surface area contributed by atoms with Crippen LogP contribution in [0, 0.1) is 6.92 Å². The van der Waals surface area contributed by atoms with E-state index < -0.39 is 42.1 Å². The number of benzene rings is 2. The lowest BCUT2D eigenvalue weighted by Crippen LogP contribution is -2.56. The predicted molar refractivity (Wildman–Crippen MR) is 146 cm³/mol. The molecule has 2 aromatic carbocycles. The lowest BCUT2D eigenvalue weighted by molar-refractivity contribution is -0.146. The minimum atomic E-state index is -1.74. The zero-order chi connectivity index (χ0) is 27.9. The first-order chi connectivity index (χ1) is 18.7. The summed E-state index contributed by atoms with van der Waals surface area (Å²) >= 11 is 1.57. The minimum Gasteiger partial charge on any atom is -0.508 e. The first-order valence-corrected chi connectivity index (χ1v) is 13.7. The summed E-state index contributed by atoms with van der Waals surface area (Å²) in [7, 11) is 0. The quantitative estimate of drug-likeness (QED) is 0.308. The van der Waals surface area contributed by atoms with E-state index in [0.717, 1.165) is 15.3 Å². The fourth-order valence-corrected chi connectivity index (χ4v) is 5.43. The van der Waals surface area contributed by atoms with E-state index in [1.165, 1.54) is 18.2 Å². The maximum absolute atomic E-state index is 14.5. The van der Waals surface area contributed by atoms with Crippen molar-refractivity contribution in [3.05, 3.63) is 87.6 Å². The third-order valence-electron chi connectivity index (χ3n) is 6.89. The Labute approximate surface area is 230 Å². The molecule has 4 atom stereocenters. The summed E-state index contributed by atoms with van der Waals surface area (Å²) in [6.07, 6.45) is -2.58. The van der Waals surface area contributed by atoms with Gasteiger partial charge in [0.1, 0.15) is 18.0 Å². The number of phenolic OH excluding ortho intramolecular Hbond substituents is 1. The number of thiophene rings is 1. The van der Waals surface area contributed by atoms with E-state index in [1.807, 2.05) is 23.6 Å². The van der Waals surface area contributed by atoms with Crippen molar-refractivity contribution in [2.24, 2.45) is 0 Å². The topological polar surface area (TPSA) is 119 Å². The molecule has 39 heavy (non-hydrogen) atoms. The molecule has 1 saturated heterocycles. The molecular weight excluding hydrogens is 521 g/mol. The highest BCUT2D eigenvalue weighted by atomic mass is 32.1. The number of alkyl halides is 1. The van der Waals surface area contributed by atoms with E-state index in [0.29, 0.717) is 18.5 Å². The van der Waals surface area contributed by atoms with Gasteiger partial charge in [-0.1, -0.05) is 42.5 Å². The van der Waals surface area contributed by atoms with Crippen LogP contribution in [0.15, 0.2) is 66.0 Å². The Morgan fingerprint density at radius 2 is 1.87 bits per heavy atom. The third kappa shape index (κ3) is 7.01. The molecule has 0 unspecified atom stereocenters. The second-order valence-corrected chi connectivity index (χ2v) is 10.7. The normalized spacial score (nSPS) is 18.4. The number of rotatable bonds is 10. The van der Waals surface area contributed by atoms with E-state index in [4.69, 9.17) is 0 Å². The number of aliphatic hydroxyl groups excluding tert-OH is 1. The van der Waals surface area contributed by atoms with E-state index in [9.17, 15) is 29.0 Å². The van der Waals surface area contributed by atoms with E-state index in [2.05, 4.69) is 10.6 Å². The Morgan fingerprint density at radius 1 is 1.10 bits per heavy atom. The van der Waals surface area contributed by atoms with Crippen molar-refractivity contribution in [3.63, 3.8) is 0 Å². The van der Waals surface area contributed by atoms with Gasteiger partial charge in [0.25, 0.3) is 11.8 Å². The van der Waals surface area contributed by atoms with E-state index in [-0.39, 0.29) is 30.7 Å². The van der Waals surface area contributed by atoms with Crippen LogP contribution in [0.25, 0.3) is 0 Å². The van der Waals surface area contributed by atoms with Crippen molar-refractivity contribution < 1.29 is 29.0 Å². The van der Waals surface area contributed by atoms with Crippen LogP contribution in [0.4, 0.5) is 4.39 Å². The second-order valence-electron chi connectivity index (χ2n) is 9.62. The third-order valence-corrected chi connectivity index (χ3v) is 7.82. The molecule has 0 radical (unpaired) electrons. The largest absolute Gasteiger partial charge is 0.508 e. The summed E-state index contributed by atoms with van der Waals surface area (Å²) in [6.45, 7) is 1.61. The monoisotopic (exact) mass is 553 g/mol. The summed E-state index contributed by atoms with van der Waals surface area (Å²) in [5.74, 6) is -1.95. The van der Waals surface area contributed by atoms with Crippen LogP contribution >= 0.6 is 11.3 Å². The average Bonchev–Trinajstić information content (AvgIpc) is 3.59. The summed E-state index contributed by atoms with van der Waals surface area (Å²) in [5.41, 5.74) is 1.31. The van der Waals surface area contributed by atoms with Crippen molar-refractivity contribution >= 4 is 29.1 Å². The minimum absolute atomic E-state index is 0.0575. The summed E-state index contributed by atoms with van der Waals surface area (Å²) in [5, 5.41) is 28.6. The van der Waals surface area contributed by atoms with Crippen LogP contribution < -0.4 is 10.6 Å². The zero-order valence-corrected chi connectivity index (χ0v) is 22.4. The van der Waals surface area contributed by atoms with Crippen molar-refractivity contribution in [1.29, 1.82) is 0 Å². The lowest BCUT2D eigenvalue weighted by atomic mass is 9.98. The Bertz CT molecular complexity index is 1290. The number of halogens is 1. The predicted octanol–water partition coefficient (Wildman–Crippen LogP) is 2.76. The fraction of sp³-hybridized carbons (Fsp3) is 0.345. The summed E-state index contributed by atoms with van der Waals surface area (Å²) < 4.78 is 14.5. The van der Waals surface area contributed by atoms with Gasteiger partial charge in [0.15, 0.2) is 6.10 Å². The van der Waals surface area contributed by atoms with Crippen molar-refractivity contribution in [2.75, 3.05) is 13.1 Å². The van der Waals surface area contributed by atoms with Crippen LogP contribution in [-0.4, -0.2) is 70.3 Å². The highest BCUT2D eigenvalue weighted by Gasteiger charge is 2.43. The second kappa shape index (κ2) is 12.9. The first kappa shape index (κ1) is 28.3. The molecule has 4 N–H and O–H groups in total. The smallest absolute Gasteiger partial charge is 0.254 e. The number of aliphatic hydroxyl groups is 1. The average molecular weight is 554 g/mol. The standard InChI is InChI=1S/C29H32FN3O5S/c1-18-22(10-5-11-25(18)34)27(36)32-23(15-19-7-3-2-4-8-19)26(35)29(38)33-17-20(30)16-24(33)28(37)31-13-12-21-9-6-14-39-21/h2-11,14,20,23-24,26,34-35H,12-13,15-17H2,1H3,(H,31,37)(H,32,36)/t20-,23-,24-,26-/m0/s1. The summed E-state index contributed by atoms with van der Waals surface area (Å²) in [6, 6.07) is 15.3. The van der Waals surface area contributed by atoms with Gasteiger partial charge in [-0.05, 0) is 48.9 Å².